The first-order chi connectivity index (χ1) is 8.79. The van der Waals surface area contributed by atoms with Crippen LogP contribution in [-0.2, 0) is 6.54 Å². The molecule has 2 heterocycles. The first-order valence-corrected chi connectivity index (χ1v) is 6.48. The quantitative estimate of drug-likeness (QED) is 0.848. The lowest BCUT2D eigenvalue weighted by molar-refractivity contribution is 0.182. The van der Waals surface area contributed by atoms with Crippen molar-refractivity contribution in [2.75, 3.05) is 6.61 Å². The summed E-state index contributed by atoms with van der Waals surface area (Å²) in [5.41, 5.74) is 1.20. The summed E-state index contributed by atoms with van der Waals surface area (Å²) < 4.78 is 1.77. The Labute approximate surface area is 109 Å². The minimum absolute atomic E-state index is 0.243. The number of aliphatic hydroxyl groups excluding tert-OH is 1. The van der Waals surface area contributed by atoms with E-state index in [0.29, 0.717) is 28.2 Å². The van der Waals surface area contributed by atoms with E-state index in [-0.39, 0.29) is 6.61 Å². The van der Waals surface area contributed by atoms with E-state index < -0.39 is 0 Å². The number of nitrogens with zero attached hydrogens (tertiary/aromatic N) is 5. The summed E-state index contributed by atoms with van der Waals surface area (Å²) in [6.45, 7) is 0.974. The normalized spacial score (nSPS) is 23.9. The third kappa shape index (κ3) is 1.95. The molecule has 0 amide bonds. The molecule has 7 heteroatoms. The molecule has 0 aromatic carbocycles. The third-order valence-corrected chi connectivity index (χ3v) is 3.99. The average Bonchev–Trinajstić information content (AvgIpc) is 2.98. The maximum atomic E-state index is 9.33. The van der Waals surface area contributed by atoms with Gasteiger partial charge in [-0.1, -0.05) is 23.2 Å². The van der Waals surface area contributed by atoms with Gasteiger partial charge in [0.15, 0.2) is 16.3 Å². The number of aliphatic hydroxyl groups is 1. The lowest BCUT2D eigenvalue weighted by Gasteiger charge is -2.16. The summed E-state index contributed by atoms with van der Waals surface area (Å²) >= 11 is 5.94. The zero-order valence-electron chi connectivity index (χ0n) is 9.83. The van der Waals surface area contributed by atoms with E-state index in [1.54, 1.807) is 4.68 Å². The van der Waals surface area contributed by atoms with Crippen LogP contribution >= 0.6 is 11.6 Å². The van der Waals surface area contributed by atoms with Crippen molar-refractivity contribution < 1.29 is 5.11 Å². The van der Waals surface area contributed by atoms with Gasteiger partial charge in [-0.15, -0.1) is 5.10 Å². The molecule has 0 spiro atoms. The molecule has 1 aliphatic carbocycles. The molecule has 18 heavy (non-hydrogen) atoms. The Morgan fingerprint density at radius 2 is 2.17 bits per heavy atom. The van der Waals surface area contributed by atoms with E-state index in [9.17, 15) is 5.11 Å². The molecule has 3 rings (SSSR count). The van der Waals surface area contributed by atoms with Crippen LogP contribution in [0.5, 0.6) is 0 Å². The molecule has 1 saturated carbocycles. The largest absolute Gasteiger partial charge is 0.396 e. The Bertz CT molecular complexity index is 557. The highest BCUT2D eigenvalue weighted by atomic mass is 35.5. The van der Waals surface area contributed by atoms with E-state index in [1.165, 1.54) is 6.33 Å². The fourth-order valence-corrected chi connectivity index (χ4v) is 2.87. The van der Waals surface area contributed by atoms with Gasteiger partial charge in [-0.25, -0.2) is 14.6 Å². The van der Waals surface area contributed by atoms with Gasteiger partial charge in [-0.3, -0.25) is 0 Å². The second-order valence-electron chi connectivity index (χ2n) is 4.74. The van der Waals surface area contributed by atoms with E-state index in [4.69, 9.17) is 11.6 Å². The number of fused-ring (bicyclic) bond motifs is 1. The van der Waals surface area contributed by atoms with Gasteiger partial charge in [0.2, 0.25) is 0 Å². The molecule has 2 aromatic rings. The maximum Gasteiger partial charge on any atom is 0.183 e. The Balaban J connectivity index is 1.89. The number of aromatic nitrogens is 5. The van der Waals surface area contributed by atoms with Gasteiger partial charge in [0.25, 0.3) is 0 Å². The van der Waals surface area contributed by atoms with E-state index in [0.717, 1.165) is 25.8 Å². The van der Waals surface area contributed by atoms with Crippen molar-refractivity contribution in [1.82, 2.24) is 25.0 Å². The minimum Gasteiger partial charge on any atom is -0.396 e. The van der Waals surface area contributed by atoms with Crippen molar-refractivity contribution >= 4 is 22.8 Å². The van der Waals surface area contributed by atoms with Gasteiger partial charge < -0.3 is 5.11 Å². The number of hydrogen-bond donors (Lipinski definition) is 1. The lowest BCUT2D eigenvalue weighted by Crippen LogP contribution is -2.19. The lowest BCUT2D eigenvalue weighted by atomic mass is 9.97. The molecule has 0 radical (unpaired) electrons. The Morgan fingerprint density at radius 3 is 3.00 bits per heavy atom. The SMILES string of the molecule is OC[C@H]1CCC[C@H]1Cn1nnc2c(Cl)ncnc21. The average molecular weight is 268 g/mol. The number of halogens is 1. The highest BCUT2D eigenvalue weighted by molar-refractivity contribution is 6.33. The molecule has 6 nitrogen and oxygen atoms in total. The van der Waals surface area contributed by atoms with E-state index in [1.807, 2.05) is 0 Å². The van der Waals surface area contributed by atoms with Crippen LogP contribution < -0.4 is 0 Å². The highest BCUT2D eigenvalue weighted by Gasteiger charge is 2.28. The van der Waals surface area contributed by atoms with Crippen molar-refractivity contribution in [1.29, 1.82) is 0 Å². The Hall–Kier alpha value is -1.27. The summed E-state index contributed by atoms with van der Waals surface area (Å²) in [5, 5.41) is 17.8. The molecule has 96 valence electrons. The second-order valence-corrected chi connectivity index (χ2v) is 5.10. The molecule has 0 aliphatic heterocycles. The van der Waals surface area contributed by atoms with Gasteiger partial charge in [-0.2, -0.15) is 0 Å². The zero-order valence-corrected chi connectivity index (χ0v) is 10.6. The topological polar surface area (TPSA) is 76.7 Å². The molecule has 0 saturated heterocycles. The monoisotopic (exact) mass is 267 g/mol. The van der Waals surface area contributed by atoms with Gasteiger partial charge in [0, 0.05) is 13.2 Å². The van der Waals surface area contributed by atoms with Gasteiger partial charge >= 0.3 is 0 Å². The number of rotatable bonds is 3. The second kappa shape index (κ2) is 4.78. The minimum atomic E-state index is 0.243. The molecule has 0 bridgehead atoms. The summed E-state index contributed by atoms with van der Waals surface area (Å²) in [6.07, 6.45) is 4.79. The predicted octanol–water partition coefficient (Wildman–Crippen LogP) is 1.28. The molecular formula is C11H14ClN5O. The molecule has 2 aromatic heterocycles. The van der Waals surface area contributed by atoms with Crippen LogP contribution in [0.15, 0.2) is 6.33 Å². The van der Waals surface area contributed by atoms with E-state index >= 15 is 0 Å². The van der Waals surface area contributed by atoms with Gasteiger partial charge in [0.05, 0.1) is 0 Å². The Morgan fingerprint density at radius 1 is 1.33 bits per heavy atom. The summed E-state index contributed by atoms with van der Waals surface area (Å²) in [7, 11) is 0. The van der Waals surface area contributed by atoms with Crippen LogP contribution in [0.3, 0.4) is 0 Å². The molecular weight excluding hydrogens is 254 g/mol. The van der Waals surface area contributed by atoms with E-state index in [2.05, 4.69) is 20.3 Å². The van der Waals surface area contributed by atoms with Crippen molar-refractivity contribution in [2.24, 2.45) is 11.8 Å². The molecule has 1 aliphatic rings. The summed E-state index contributed by atoms with van der Waals surface area (Å²) in [6, 6.07) is 0. The zero-order chi connectivity index (χ0) is 12.5. The maximum absolute atomic E-state index is 9.33. The molecule has 0 unspecified atom stereocenters. The third-order valence-electron chi connectivity index (χ3n) is 3.71. The standard InChI is InChI=1S/C11H14ClN5O/c12-10-9-11(14-6-13-10)17(16-15-9)4-7-2-1-3-8(7)5-18/h6-8,18H,1-5H2/t7-,8+/m0/s1. The fourth-order valence-electron chi connectivity index (χ4n) is 2.70. The molecule has 1 fully saturated rings. The van der Waals surface area contributed by atoms with Crippen molar-refractivity contribution in [2.45, 2.75) is 25.8 Å². The summed E-state index contributed by atoms with van der Waals surface area (Å²) in [5.74, 6) is 0.801. The van der Waals surface area contributed by atoms with Crippen LogP contribution in [0.25, 0.3) is 11.2 Å². The van der Waals surface area contributed by atoms with Crippen molar-refractivity contribution in [3.8, 4) is 0 Å². The van der Waals surface area contributed by atoms with Gasteiger partial charge in [0.1, 0.15) is 6.33 Å². The van der Waals surface area contributed by atoms with Crippen molar-refractivity contribution in [3.63, 3.8) is 0 Å². The van der Waals surface area contributed by atoms with Crippen LogP contribution in [0.4, 0.5) is 0 Å². The fraction of sp³-hybridized carbons (Fsp3) is 0.636. The van der Waals surface area contributed by atoms with Gasteiger partial charge in [-0.05, 0) is 24.7 Å². The smallest absolute Gasteiger partial charge is 0.183 e. The van der Waals surface area contributed by atoms with Crippen molar-refractivity contribution in [3.05, 3.63) is 11.5 Å². The first-order valence-electron chi connectivity index (χ1n) is 6.10. The van der Waals surface area contributed by atoms with Crippen LogP contribution in [0.2, 0.25) is 5.15 Å². The molecule has 1 N–H and O–H groups in total. The Kier molecular flexibility index (Phi) is 3.13. The van der Waals surface area contributed by atoms with Crippen LogP contribution in [0.1, 0.15) is 19.3 Å². The molecule has 2 atom stereocenters. The van der Waals surface area contributed by atoms with Crippen LogP contribution in [0, 0.1) is 11.8 Å². The summed E-state index contributed by atoms with van der Waals surface area (Å²) in [4.78, 5) is 8.06. The highest BCUT2D eigenvalue weighted by Crippen LogP contribution is 2.32. The van der Waals surface area contributed by atoms with Crippen LogP contribution in [-0.4, -0.2) is 36.7 Å². The number of hydrogen-bond acceptors (Lipinski definition) is 5. The first kappa shape index (κ1) is 11.8. The predicted molar refractivity (Wildman–Crippen MR) is 66.0 cm³/mol.